The van der Waals surface area contributed by atoms with Crippen molar-refractivity contribution in [1.82, 2.24) is 0 Å². The summed E-state index contributed by atoms with van der Waals surface area (Å²) in [6, 6.07) is 8.25. The van der Waals surface area contributed by atoms with Gasteiger partial charge >= 0.3 is 0 Å². The van der Waals surface area contributed by atoms with Crippen molar-refractivity contribution in [3.8, 4) is 5.75 Å². The molecule has 0 aromatic heterocycles. The molecule has 0 spiro atoms. The number of fused-ring (bicyclic) bond motifs is 1. The number of hydrogen-bond acceptors (Lipinski definition) is 2. The Labute approximate surface area is 130 Å². The predicted octanol–water partition coefficient (Wildman–Crippen LogP) is 4.25. The van der Waals surface area contributed by atoms with Crippen LogP contribution in [0.15, 0.2) is 34.8 Å². The molecule has 0 fully saturated rings. The minimum atomic E-state index is -0.627. The molecule has 0 amide bonds. The summed E-state index contributed by atoms with van der Waals surface area (Å²) in [6.07, 6.45) is 1.83. The number of benzene rings is 2. The molecule has 2 aromatic carbocycles. The first-order valence-corrected chi connectivity index (χ1v) is 7.49. The lowest BCUT2D eigenvalue weighted by Gasteiger charge is -2.11. The summed E-state index contributed by atoms with van der Waals surface area (Å²) in [5.41, 5.74) is 8.17. The van der Waals surface area contributed by atoms with Crippen molar-refractivity contribution in [3.63, 3.8) is 0 Å². The van der Waals surface area contributed by atoms with Gasteiger partial charge in [-0.15, -0.1) is 0 Å². The zero-order chi connectivity index (χ0) is 15.0. The Morgan fingerprint density at radius 1 is 1.24 bits per heavy atom. The first-order chi connectivity index (χ1) is 10.1. The molecule has 2 nitrogen and oxygen atoms in total. The molecule has 0 unspecified atom stereocenters. The minimum Gasteiger partial charge on any atom is -0.489 e. The minimum absolute atomic E-state index is 0.0778. The van der Waals surface area contributed by atoms with Crippen LogP contribution in [-0.4, -0.2) is 0 Å². The Kier molecular flexibility index (Phi) is 3.95. The third kappa shape index (κ3) is 2.80. The van der Waals surface area contributed by atoms with Crippen LogP contribution in [0.2, 0.25) is 0 Å². The van der Waals surface area contributed by atoms with E-state index in [1.807, 2.05) is 12.1 Å². The second kappa shape index (κ2) is 5.73. The normalized spacial score (nSPS) is 16.9. The Bertz CT molecular complexity index is 690. The lowest BCUT2D eigenvalue weighted by Crippen LogP contribution is -2.05. The summed E-state index contributed by atoms with van der Waals surface area (Å²) in [5.74, 6) is -0.640. The first kappa shape index (κ1) is 14.5. The van der Waals surface area contributed by atoms with Crippen molar-refractivity contribution in [2.24, 2.45) is 5.73 Å². The van der Waals surface area contributed by atoms with E-state index >= 15 is 0 Å². The lowest BCUT2D eigenvalue weighted by atomic mass is 10.1. The van der Waals surface area contributed by atoms with Crippen LogP contribution in [0.1, 0.15) is 29.2 Å². The van der Waals surface area contributed by atoms with Gasteiger partial charge in [-0.3, -0.25) is 0 Å². The van der Waals surface area contributed by atoms with Crippen LogP contribution in [0.25, 0.3) is 0 Å². The van der Waals surface area contributed by atoms with Gasteiger partial charge in [0.25, 0.3) is 0 Å². The fourth-order valence-electron chi connectivity index (χ4n) is 2.57. The standard InChI is InChI=1S/C16H14BrF2NO/c17-13-4-5-14(18)12(16(13)19)8-21-10-2-3-11-9(7-10)1-6-15(11)20/h2-5,7,15H,1,6,8,20H2/t15-/m0/s1. The molecule has 2 N–H and O–H groups in total. The van der Waals surface area contributed by atoms with Crippen LogP contribution < -0.4 is 10.5 Å². The van der Waals surface area contributed by atoms with Crippen molar-refractivity contribution >= 4 is 15.9 Å². The Morgan fingerprint density at radius 2 is 2.05 bits per heavy atom. The van der Waals surface area contributed by atoms with Gasteiger partial charge in [-0.2, -0.15) is 0 Å². The van der Waals surface area contributed by atoms with E-state index in [1.165, 1.54) is 12.1 Å². The quantitative estimate of drug-likeness (QED) is 0.837. The molecule has 1 aliphatic rings. The molecule has 0 bridgehead atoms. The monoisotopic (exact) mass is 353 g/mol. The molecule has 0 radical (unpaired) electrons. The molecule has 0 aliphatic heterocycles. The fourth-order valence-corrected chi connectivity index (χ4v) is 2.94. The largest absolute Gasteiger partial charge is 0.489 e. The maximum atomic E-state index is 13.9. The molecule has 1 atom stereocenters. The highest BCUT2D eigenvalue weighted by molar-refractivity contribution is 9.10. The van der Waals surface area contributed by atoms with E-state index in [0.29, 0.717) is 5.75 Å². The molecule has 0 saturated heterocycles. The van der Waals surface area contributed by atoms with E-state index in [-0.39, 0.29) is 22.7 Å². The average Bonchev–Trinajstić information content (AvgIpc) is 2.84. The Hall–Kier alpha value is -1.46. The van der Waals surface area contributed by atoms with Crippen molar-refractivity contribution in [2.75, 3.05) is 0 Å². The van der Waals surface area contributed by atoms with Gasteiger partial charge in [0.2, 0.25) is 0 Å². The second-order valence-corrected chi connectivity index (χ2v) is 5.97. The van der Waals surface area contributed by atoms with Gasteiger partial charge in [0.05, 0.1) is 10.0 Å². The molecule has 1 aliphatic carbocycles. The SMILES string of the molecule is N[C@H]1CCc2cc(OCc3c(F)ccc(Br)c3F)ccc21. The summed E-state index contributed by atoms with van der Waals surface area (Å²) in [7, 11) is 0. The van der Waals surface area contributed by atoms with E-state index < -0.39 is 11.6 Å². The fraction of sp³-hybridized carbons (Fsp3) is 0.250. The van der Waals surface area contributed by atoms with Gasteiger partial charge in [0.15, 0.2) is 0 Å². The smallest absolute Gasteiger partial charge is 0.146 e. The van der Waals surface area contributed by atoms with Gasteiger partial charge in [0.1, 0.15) is 24.0 Å². The Balaban J connectivity index is 1.79. The summed E-state index contributed by atoms with van der Waals surface area (Å²) in [6.45, 7) is -0.151. The van der Waals surface area contributed by atoms with Crippen molar-refractivity contribution < 1.29 is 13.5 Å². The maximum absolute atomic E-state index is 13.9. The van der Waals surface area contributed by atoms with Crippen LogP contribution >= 0.6 is 15.9 Å². The molecule has 21 heavy (non-hydrogen) atoms. The van der Waals surface area contributed by atoms with Crippen LogP contribution in [0.4, 0.5) is 8.78 Å². The van der Waals surface area contributed by atoms with Gasteiger partial charge in [-0.1, -0.05) is 6.07 Å². The molecule has 5 heteroatoms. The van der Waals surface area contributed by atoms with Crippen LogP contribution in [-0.2, 0) is 13.0 Å². The lowest BCUT2D eigenvalue weighted by molar-refractivity contribution is 0.292. The maximum Gasteiger partial charge on any atom is 0.146 e. The molecular weight excluding hydrogens is 340 g/mol. The molecular formula is C16H14BrF2NO. The average molecular weight is 354 g/mol. The highest BCUT2D eigenvalue weighted by Crippen LogP contribution is 2.32. The first-order valence-electron chi connectivity index (χ1n) is 6.70. The number of ether oxygens (including phenoxy) is 1. The third-order valence-corrected chi connectivity index (χ3v) is 4.37. The number of nitrogens with two attached hydrogens (primary N) is 1. The van der Waals surface area contributed by atoms with E-state index in [9.17, 15) is 8.78 Å². The highest BCUT2D eigenvalue weighted by atomic mass is 79.9. The van der Waals surface area contributed by atoms with Crippen molar-refractivity contribution in [3.05, 3.63) is 63.1 Å². The van der Waals surface area contributed by atoms with E-state index in [2.05, 4.69) is 15.9 Å². The zero-order valence-corrected chi connectivity index (χ0v) is 12.8. The number of halogens is 3. The third-order valence-electron chi connectivity index (χ3n) is 3.76. The predicted molar refractivity (Wildman–Crippen MR) is 80.1 cm³/mol. The highest BCUT2D eigenvalue weighted by Gasteiger charge is 2.19. The summed E-state index contributed by atoms with van der Waals surface area (Å²) in [5, 5.41) is 0. The molecule has 0 saturated carbocycles. The summed E-state index contributed by atoms with van der Waals surface area (Å²) < 4.78 is 33.3. The van der Waals surface area contributed by atoms with Gasteiger partial charge in [0, 0.05) is 6.04 Å². The zero-order valence-electron chi connectivity index (χ0n) is 11.2. The van der Waals surface area contributed by atoms with Crippen molar-refractivity contribution in [1.29, 1.82) is 0 Å². The Morgan fingerprint density at radius 3 is 2.86 bits per heavy atom. The van der Waals surface area contributed by atoms with Gasteiger partial charge < -0.3 is 10.5 Å². The summed E-state index contributed by atoms with van der Waals surface area (Å²) >= 11 is 3.04. The topological polar surface area (TPSA) is 35.2 Å². The van der Waals surface area contributed by atoms with Gasteiger partial charge in [-0.05, 0) is 64.2 Å². The molecule has 2 aromatic rings. The van der Waals surface area contributed by atoms with Crippen molar-refractivity contribution in [2.45, 2.75) is 25.5 Å². The number of hydrogen-bond donors (Lipinski definition) is 1. The van der Waals surface area contributed by atoms with Crippen LogP contribution in [0.3, 0.4) is 0 Å². The number of aryl methyl sites for hydroxylation is 1. The molecule has 0 heterocycles. The van der Waals surface area contributed by atoms with Crippen LogP contribution in [0.5, 0.6) is 5.75 Å². The molecule has 3 rings (SSSR count). The van der Waals surface area contributed by atoms with E-state index in [0.717, 1.165) is 24.0 Å². The number of rotatable bonds is 3. The second-order valence-electron chi connectivity index (χ2n) is 5.12. The van der Waals surface area contributed by atoms with E-state index in [1.54, 1.807) is 6.07 Å². The van der Waals surface area contributed by atoms with E-state index in [4.69, 9.17) is 10.5 Å². The summed E-state index contributed by atoms with van der Waals surface area (Å²) in [4.78, 5) is 0. The van der Waals surface area contributed by atoms with Gasteiger partial charge in [-0.25, -0.2) is 8.78 Å². The molecule has 110 valence electrons. The van der Waals surface area contributed by atoms with Crippen LogP contribution in [0, 0.1) is 11.6 Å².